The minimum Gasteiger partial charge on any atom is -0.396 e. The van der Waals surface area contributed by atoms with Crippen LogP contribution >= 0.6 is 11.6 Å². The second kappa shape index (κ2) is 10.4. The van der Waals surface area contributed by atoms with Gasteiger partial charge >= 0.3 is 6.18 Å². The summed E-state index contributed by atoms with van der Waals surface area (Å²) in [5.41, 5.74) is -0.657. The lowest BCUT2D eigenvalue weighted by molar-refractivity contribution is -0.137. The number of nitrogens with zero attached hydrogens (tertiary/aromatic N) is 3. The average Bonchev–Trinajstić information content (AvgIpc) is 2.67. The first-order valence-electron chi connectivity index (χ1n) is 9.09. The Morgan fingerprint density at radius 1 is 1.29 bits per heavy atom. The molecule has 12 heteroatoms. The Hall–Kier alpha value is -2.89. The Bertz CT molecular complexity index is 938. The number of likely N-dealkylation sites (N-methyl/N-ethyl adjacent to an activating group) is 1. The fourth-order valence-electron chi connectivity index (χ4n) is 2.91. The Labute approximate surface area is 181 Å². The lowest BCUT2D eigenvalue weighted by atomic mass is 10.1. The van der Waals surface area contributed by atoms with E-state index in [1.54, 1.807) is 13.0 Å². The van der Waals surface area contributed by atoms with Crippen molar-refractivity contribution >= 4 is 23.5 Å². The number of carbonyl (C=O) groups excluding carboxylic acids is 1. The minimum atomic E-state index is -4.70. The third-order valence-electron chi connectivity index (χ3n) is 4.19. The highest BCUT2D eigenvalue weighted by Crippen LogP contribution is 2.36. The summed E-state index contributed by atoms with van der Waals surface area (Å²) in [6.07, 6.45) is -1.55. The molecule has 1 unspecified atom stereocenters. The molecule has 0 aliphatic rings. The number of aliphatic hydroxyl groups is 1. The molecule has 2 aromatic rings. The van der Waals surface area contributed by atoms with Gasteiger partial charge in [0.1, 0.15) is 0 Å². The van der Waals surface area contributed by atoms with Crippen LogP contribution in [0, 0.1) is 0 Å². The van der Waals surface area contributed by atoms with Gasteiger partial charge in [0.15, 0.2) is 0 Å². The van der Waals surface area contributed by atoms with Gasteiger partial charge in [-0.3, -0.25) is 4.79 Å². The van der Waals surface area contributed by atoms with E-state index < -0.39 is 28.7 Å². The quantitative estimate of drug-likeness (QED) is 0.355. The molecule has 5 N–H and O–H groups in total. The number of amides is 1. The molecular formula is C19H22ClF3N6O2. The highest BCUT2D eigenvalue weighted by atomic mass is 35.5. The number of aliphatic hydroxyl groups excluding tert-OH is 1. The van der Waals surface area contributed by atoms with E-state index in [0.717, 1.165) is 12.1 Å². The van der Waals surface area contributed by atoms with Crippen LogP contribution in [-0.4, -0.2) is 45.7 Å². The predicted octanol–water partition coefficient (Wildman–Crippen LogP) is 2.78. The maximum atomic E-state index is 13.1. The molecule has 8 nitrogen and oxygen atoms in total. The van der Waals surface area contributed by atoms with Gasteiger partial charge < -0.3 is 20.7 Å². The molecule has 1 amide bonds. The number of nitrogens with two attached hydrogens (primary N) is 1. The lowest BCUT2D eigenvalue weighted by Crippen LogP contribution is -2.43. The summed E-state index contributed by atoms with van der Waals surface area (Å²) in [6.45, 7) is 1.34. The van der Waals surface area contributed by atoms with Crippen molar-refractivity contribution < 1.29 is 23.1 Å². The summed E-state index contributed by atoms with van der Waals surface area (Å²) in [5.74, 6) is 5.36. The van der Waals surface area contributed by atoms with Gasteiger partial charge in [-0.2, -0.15) is 13.2 Å². The van der Waals surface area contributed by atoms with Gasteiger partial charge in [-0.25, -0.2) is 15.8 Å². The standard InChI is InChI=1S/C19H22ClF3N6O2/c1-11(27-17(31)12-5-3-6-13(15(12)20)19(21,22)23)16(29(2)24)14(7-10-30)28-18-25-8-4-9-26-18/h3-6,8-9,11,30H,7,10,24H2,1-2H3,(H,27,31)(H,25,26,28)/b16-14-. The van der Waals surface area contributed by atoms with Crippen LogP contribution in [-0.2, 0) is 6.18 Å². The molecule has 1 aromatic heterocycles. The number of halogens is 4. The Balaban J connectivity index is 2.36. The SMILES string of the molecule is CC(NC(=O)c1cccc(C(F)(F)F)c1Cl)/C(=C(\CCO)Nc1ncccn1)N(C)N. The topological polar surface area (TPSA) is 116 Å². The van der Waals surface area contributed by atoms with Crippen molar-refractivity contribution in [1.82, 2.24) is 20.3 Å². The number of nitrogens with one attached hydrogen (secondary N) is 2. The minimum absolute atomic E-state index is 0.125. The number of hydrazine groups is 1. The number of anilines is 1. The maximum absolute atomic E-state index is 13.1. The zero-order chi connectivity index (χ0) is 23.2. The van der Waals surface area contributed by atoms with Gasteiger partial charge in [0, 0.05) is 38.2 Å². The highest BCUT2D eigenvalue weighted by molar-refractivity contribution is 6.34. The molecule has 0 saturated heterocycles. The van der Waals surface area contributed by atoms with Crippen molar-refractivity contribution in [3.63, 3.8) is 0 Å². The van der Waals surface area contributed by atoms with Gasteiger partial charge in [0.2, 0.25) is 5.95 Å². The number of carbonyl (C=O) groups is 1. The smallest absolute Gasteiger partial charge is 0.396 e. The van der Waals surface area contributed by atoms with Crippen molar-refractivity contribution in [1.29, 1.82) is 0 Å². The Morgan fingerprint density at radius 2 is 1.94 bits per heavy atom. The number of benzene rings is 1. The first kappa shape index (κ1) is 24.4. The van der Waals surface area contributed by atoms with E-state index in [9.17, 15) is 23.1 Å². The third-order valence-corrected chi connectivity index (χ3v) is 4.59. The highest BCUT2D eigenvalue weighted by Gasteiger charge is 2.35. The van der Waals surface area contributed by atoms with Crippen LogP contribution < -0.4 is 16.5 Å². The van der Waals surface area contributed by atoms with Crippen molar-refractivity contribution in [3.05, 3.63) is 64.2 Å². The summed E-state index contributed by atoms with van der Waals surface area (Å²) in [4.78, 5) is 20.8. The van der Waals surface area contributed by atoms with E-state index >= 15 is 0 Å². The summed E-state index contributed by atoms with van der Waals surface area (Å²) < 4.78 is 39.3. The zero-order valence-corrected chi connectivity index (χ0v) is 17.5. The second-order valence-electron chi connectivity index (χ2n) is 6.51. The zero-order valence-electron chi connectivity index (χ0n) is 16.7. The molecule has 0 spiro atoms. The normalized spacial score (nSPS) is 13.3. The molecule has 1 atom stereocenters. The molecule has 168 valence electrons. The van der Waals surface area contributed by atoms with Crippen LogP contribution in [0.5, 0.6) is 0 Å². The van der Waals surface area contributed by atoms with Crippen molar-refractivity contribution in [2.45, 2.75) is 25.6 Å². The number of rotatable bonds is 8. The van der Waals surface area contributed by atoms with Gasteiger partial charge in [-0.15, -0.1) is 0 Å². The number of aromatic nitrogens is 2. The fourth-order valence-corrected chi connectivity index (χ4v) is 3.23. The fraction of sp³-hybridized carbons (Fsp3) is 0.316. The molecule has 31 heavy (non-hydrogen) atoms. The molecule has 1 heterocycles. The van der Waals surface area contributed by atoms with Gasteiger partial charge in [0.05, 0.1) is 27.9 Å². The van der Waals surface area contributed by atoms with Crippen LogP contribution in [0.2, 0.25) is 5.02 Å². The first-order valence-corrected chi connectivity index (χ1v) is 9.47. The summed E-state index contributed by atoms with van der Waals surface area (Å²) in [7, 11) is 1.51. The second-order valence-corrected chi connectivity index (χ2v) is 6.88. The van der Waals surface area contributed by atoms with E-state index in [0.29, 0.717) is 11.4 Å². The summed E-state index contributed by atoms with van der Waals surface area (Å²) in [5, 5.41) is 15.5. The molecular weight excluding hydrogens is 437 g/mol. The predicted molar refractivity (Wildman–Crippen MR) is 110 cm³/mol. The summed E-state index contributed by atoms with van der Waals surface area (Å²) >= 11 is 5.84. The average molecular weight is 459 g/mol. The third kappa shape index (κ3) is 6.29. The Kier molecular flexibility index (Phi) is 8.20. The van der Waals surface area contributed by atoms with E-state index in [1.165, 1.54) is 30.5 Å². The lowest BCUT2D eigenvalue weighted by Gasteiger charge is -2.28. The van der Waals surface area contributed by atoms with E-state index in [-0.39, 0.29) is 24.5 Å². The van der Waals surface area contributed by atoms with Gasteiger partial charge in [-0.05, 0) is 25.1 Å². The van der Waals surface area contributed by atoms with Crippen molar-refractivity contribution in [2.75, 3.05) is 19.0 Å². The van der Waals surface area contributed by atoms with Gasteiger partial charge in [-0.1, -0.05) is 17.7 Å². The monoisotopic (exact) mass is 458 g/mol. The molecule has 0 fully saturated rings. The number of alkyl halides is 3. The molecule has 0 bridgehead atoms. The first-order chi connectivity index (χ1) is 14.6. The van der Waals surface area contributed by atoms with Crippen LogP contribution in [0.4, 0.5) is 19.1 Å². The maximum Gasteiger partial charge on any atom is 0.417 e. The molecule has 0 aliphatic carbocycles. The largest absolute Gasteiger partial charge is 0.417 e. The van der Waals surface area contributed by atoms with E-state index in [1.807, 2.05) is 0 Å². The van der Waals surface area contributed by atoms with Crippen LogP contribution in [0.25, 0.3) is 0 Å². The molecule has 0 aliphatic heterocycles. The molecule has 0 saturated carbocycles. The van der Waals surface area contributed by atoms with Crippen LogP contribution in [0.1, 0.15) is 29.3 Å². The number of hydrogen-bond acceptors (Lipinski definition) is 7. The van der Waals surface area contributed by atoms with E-state index in [2.05, 4.69) is 20.6 Å². The van der Waals surface area contributed by atoms with Crippen LogP contribution in [0.15, 0.2) is 48.1 Å². The van der Waals surface area contributed by atoms with Crippen molar-refractivity contribution in [2.24, 2.45) is 5.84 Å². The molecule has 2 rings (SSSR count). The number of hydrogen-bond donors (Lipinski definition) is 4. The van der Waals surface area contributed by atoms with Crippen LogP contribution in [0.3, 0.4) is 0 Å². The van der Waals surface area contributed by atoms with Gasteiger partial charge in [0.25, 0.3) is 5.91 Å². The molecule has 1 aromatic carbocycles. The van der Waals surface area contributed by atoms with Crippen molar-refractivity contribution in [3.8, 4) is 0 Å². The van der Waals surface area contributed by atoms with E-state index in [4.69, 9.17) is 17.4 Å². The Morgan fingerprint density at radius 3 is 2.48 bits per heavy atom. The summed E-state index contributed by atoms with van der Waals surface area (Å²) in [6, 6.07) is 3.94. The molecule has 0 radical (unpaired) electrons.